The van der Waals surface area contributed by atoms with Gasteiger partial charge in [-0.15, -0.1) is 0 Å². The first kappa shape index (κ1) is 11.4. The molecule has 1 N–H and O–H groups in total. The van der Waals surface area contributed by atoms with E-state index < -0.39 is 0 Å². The van der Waals surface area contributed by atoms with Crippen LogP contribution in [0.15, 0.2) is 36.9 Å². The summed E-state index contributed by atoms with van der Waals surface area (Å²) in [7, 11) is 0. The fraction of sp³-hybridized carbons (Fsp3) is 0. The van der Waals surface area contributed by atoms with E-state index in [-0.39, 0.29) is 6.03 Å². The van der Waals surface area contributed by atoms with Gasteiger partial charge in [-0.2, -0.15) is 0 Å². The lowest BCUT2D eigenvalue weighted by Gasteiger charge is -2.07. The minimum atomic E-state index is -0.291. The number of hydrogen-bond acceptors (Lipinski definition) is 2. The van der Waals surface area contributed by atoms with Crippen molar-refractivity contribution in [1.82, 2.24) is 9.55 Å². The molecule has 0 aliphatic carbocycles. The summed E-state index contributed by atoms with van der Waals surface area (Å²) in [6.45, 7) is 0. The molecule has 0 saturated carbocycles. The number of hydrogen-bond donors (Lipinski definition) is 1. The number of carbonyl (C=O) groups excluding carboxylic acids is 1. The molecule has 2 rings (SSSR count). The zero-order valence-corrected chi connectivity index (χ0v) is 10.9. The molecule has 0 aliphatic rings. The topological polar surface area (TPSA) is 46.9 Å². The average molecular weight is 348 g/mol. The van der Waals surface area contributed by atoms with Crippen molar-refractivity contribution in [3.05, 3.63) is 45.5 Å². The Morgan fingerprint density at radius 1 is 1.50 bits per heavy atom. The minimum Gasteiger partial charge on any atom is -0.306 e. The van der Waals surface area contributed by atoms with Crippen molar-refractivity contribution in [2.75, 3.05) is 5.32 Å². The van der Waals surface area contributed by atoms with Crippen molar-refractivity contribution in [1.29, 1.82) is 0 Å². The lowest BCUT2D eigenvalue weighted by molar-refractivity contribution is 0.253. The third-order valence-electron chi connectivity index (χ3n) is 1.91. The van der Waals surface area contributed by atoms with Gasteiger partial charge in [0, 0.05) is 16.0 Å². The van der Waals surface area contributed by atoms with Crippen molar-refractivity contribution < 1.29 is 4.79 Å². The summed E-state index contributed by atoms with van der Waals surface area (Å²) in [5.41, 5.74) is 0.584. The third-order valence-corrected chi connectivity index (χ3v) is 2.90. The lowest BCUT2D eigenvalue weighted by Crippen LogP contribution is -2.17. The minimum absolute atomic E-state index is 0.291. The monoisotopic (exact) mass is 347 g/mol. The third kappa shape index (κ3) is 2.53. The number of carbonyl (C=O) groups is 1. The first-order valence-corrected chi connectivity index (χ1v) is 5.87. The van der Waals surface area contributed by atoms with Gasteiger partial charge in [0.1, 0.15) is 6.33 Å². The summed E-state index contributed by atoms with van der Waals surface area (Å²) >= 11 is 8.14. The number of benzene rings is 1. The van der Waals surface area contributed by atoms with Gasteiger partial charge in [0.25, 0.3) is 0 Å². The molecular formula is C10H7ClIN3O. The molecule has 0 spiro atoms. The highest BCUT2D eigenvalue weighted by Crippen LogP contribution is 2.23. The van der Waals surface area contributed by atoms with Crippen molar-refractivity contribution in [3.63, 3.8) is 0 Å². The van der Waals surface area contributed by atoms with Gasteiger partial charge in [0.15, 0.2) is 0 Å². The molecule has 4 nitrogen and oxygen atoms in total. The van der Waals surface area contributed by atoms with Gasteiger partial charge in [0.2, 0.25) is 0 Å². The lowest BCUT2D eigenvalue weighted by atomic mass is 10.3. The fourth-order valence-electron chi connectivity index (χ4n) is 1.15. The average Bonchev–Trinajstić information content (AvgIpc) is 2.75. The smallest absolute Gasteiger partial charge is 0.306 e. The van der Waals surface area contributed by atoms with Crippen LogP contribution in [0, 0.1) is 3.57 Å². The number of amides is 1. The van der Waals surface area contributed by atoms with Crippen molar-refractivity contribution in [3.8, 4) is 0 Å². The standard InChI is InChI=1S/C10H7ClIN3O/c11-8-5-7(12)1-2-9(8)14-10(16)15-4-3-13-6-15/h1-6H,(H,14,16). The van der Waals surface area contributed by atoms with Crippen molar-refractivity contribution in [2.45, 2.75) is 0 Å². The van der Waals surface area contributed by atoms with Crippen LogP contribution >= 0.6 is 34.2 Å². The summed E-state index contributed by atoms with van der Waals surface area (Å²) in [6.07, 6.45) is 4.53. The Morgan fingerprint density at radius 2 is 2.31 bits per heavy atom. The highest BCUT2D eigenvalue weighted by Gasteiger charge is 2.07. The molecule has 0 atom stereocenters. The van der Waals surface area contributed by atoms with Gasteiger partial charge in [-0.3, -0.25) is 4.57 Å². The van der Waals surface area contributed by atoms with Gasteiger partial charge in [-0.25, -0.2) is 9.78 Å². The quantitative estimate of drug-likeness (QED) is 0.805. The van der Waals surface area contributed by atoms with E-state index in [0.717, 1.165) is 3.57 Å². The molecule has 1 heterocycles. The van der Waals surface area contributed by atoms with Crippen molar-refractivity contribution in [2.24, 2.45) is 0 Å². The summed E-state index contributed by atoms with van der Waals surface area (Å²) in [6, 6.07) is 5.13. The van der Waals surface area contributed by atoms with E-state index >= 15 is 0 Å². The van der Waals surface area contributed by atoms with Gasteiger partial charge in [-0.1, -0.05) is 11.6 Å². The van der Waals surface area contributed by atoms with Crippen LogP contribution in [0.5, 0.6) is 0 Å². The Morgan fingerprint density at radius 3 is 2.94 bits per heavy atom. The number of nitrogens with zero attached hydrogens (tertiary/aromatic N) is 2. The number of anilines is 1. The molecule has 0 bridgehead atoms. The first-order valence-electron chi connectivity index (χ1n) is 4.41. The van der Waals surface area contributed by atoms with E-state index in [0.29, 0.717) is 10.7 Å². The predicted octanol–water partition coefficient (Wildman–Crippen LogP) is 3.22. The number of aromatic nitrogens is 2. The number of nitrogens with one attached hydrogen (secondary N) is 1. The number of imidazole rings is 1. The zero-order chi connectivity index (χ0) is 11.5. The largest absolute Gasteiger partial charge is 0.331 e. The Bertz CT molecular complexity index is 513. The summed E-state index contributed by atoms with van der Waals surface area (Å²) in [5.74, 6) is 0. The van der Waals surface area contributed by atoms with E-state index in [1.165, 1.54) is 17.1 Å². The molecule has 2 aromatic rings. The number of halogens is 2. The molecule has 1 aromatic heterocycles. The van der Waals surface area contributed by atoms with E-state index in [9.17, 15) is 4.79 Å². The predicted molar refractivity (Wildman–Crippen MR) is 70.8 cm³/mol. The Labute approximate surface area is 111 Å². The van der Waals surface area contributed by atoms with Crippen LogP contribution in [0.3, 0.4) is 0 Å². The Hall–Kier alpha value is -1.08. The van der Waals surface area contributed by atoms with Gasteiger partial charge >= 0.3 is 6.03 Å². The van der Waals surface area contributed by atoms with Crippen LogP contribution in [-0.4, -0.2) is 15.6 Å². The molecule has 0 aliphatic heterocycles. The molecule has 0 fully saturated rings. The fourth-order valence-corrected chi connectivity index (χ4v) is 2.05. The molecule has 6 heteroatoms. The van der Waals surface area contributed by atoms with Crippen LogP contribution in [0.25, 0.3) is 0 Å². The maximum Gasteiger partial charge on any atom is 0.331 e. The second kappa shape index (κ2) is 4.84. The van der Waals surface area contributed by atoms with Crippen molar-refractivity contribution >= 4 is 45.9 Å². The second-order valence-corrected chi connectivity index (χ2v) is 4.68. The van der Waals surface area contributed by atoms with Crippen LogP contribution in [-0.2, 0) is 0 Å². The SMILES string of the molecule is O=C(Nc1ccc(I)cc1Cl)n1ccnc1. The molecule has 1 aromatic carbocycles. The van der Waals surface area contributed by atoms with E-state index in [2.05, 4.69) is 32.9 Å². The van der Waals surface area contributed by atoms with Crippen LogP contribution in [0.4, 0.5) is 10.5 Å². The molecule has 1 amide bonds. The van der Waals surface area contributed by atoms with Crippen LogP contribution < -0.4 is 5.32 Å². The Kier molecular flexibility index (Phi) is 3.45. The normalized spacial score (nSPS) is 10.1. The summed E-state index contributed by atoms with van der Waals surface area (Å²) in [5, 5.41) is 3.20. The van der Waals surface area contributed by atoms with Gasteiger partial charge in [-0.05, 0) is 40.8 Å². The second-order valence-electron chi connectivity index (χ2n) is 3.02. The zero-order valence-electron chi connectivity index (χ0n) is 8.02. The summed E-state index contributed by atoms with van der Waals surface area (Å²) in [4.78, 5) is 15.5. The van der Waals surface area contributed by atoms with E-state index in [4.69, 9.17) is 11.6 Å². The first-order chi connectivity index (χ1) is 7.66. The highest BCUT2D eigenvalue weighted by atomic mass is 127. The molecule has 16 heavy (non-hydrogen) atoms. The van der Waals surface area contributed by atoms with E-state index in [1.54, 1.807) is 18.3 Å². The van der Waals surface area contributed by atoms with E-state index in [1.807, 2.05) is 6.07 Å². The molecule has 82 valence electrons. The Balaban J connectivity index is 2.18. The molecule has 0 radical (unpaired) electrons. The highest BCUT2D eigenvalue weighted by molar-refractivity contribution is 14.1. The van der Waals surface area contributed by atoms with Crippen LogP contribution in [0.1, 0.15) is 0 Å². The van der Waals surface area contributed by atoms with Gasteiger partial charge in [0.05, 0.1) is 10.7 Å². The maximum absolute atomic E-state index is 11.7. The van der Waals surface area contributed by atoms with Crippen LogP contribution in [0.2, 0.25) is 5.02 Å². The number of rotatable bonds is 1. The molecule has 0 saturated heterocycles. The molecule has 0 unspecified atom stereocenters. The van der Waals surface area contributed by atoms with Gasteiger partial charge < -0.3 is 5.32 Å². The molecular weight excluding hydrogens is 340 g/mol. The summed E-state index contributed by atoms with van der Waals surface area (Å²) < 4.78 is 2.36. The maximum atomic E-state index is 11.7.